The molecule has 0 aromatic carbocycles. The predicted molar refractivity (Wildman–Crippen MR) is 116 cm³/mol. The molecule has 0 saturated heterocycles. The molecule has 0 spiro atoms. The van der Waals surface area contributed by atoms with Crippen molar-refractivity contribution in [2.24, 2.45) is 7.05 Å². The molecule has 0 unspecified atom stereocenters. The van der Waals surface area contributed by atoms with Crippen LogP contribution in [0.4, 0.5) is 17.6 Å². The minimum atomic E-state index is -5.01. The molecule has 3 aromatic rings. The van der Waals surface area contributed by atoms with Gasteiger partial charge in [-0.1, -0.05) is 11.6 Å². The zero-order valence-electron chi connectivity index (χ0n) is 18.6. The van der Waals surface area contributed by atoms with Gasteiger partial charge in [-0.2, -0.15) is 18.2 Å². The topological polar surface area (TPSA) is 115 Å². The minimum absolute atomic E-state index is 0.0980. The largest absolute Gasteiger partial charge is 0.467 e. The Balaban J connectivity index is 2.00. The number of alkyl halides is 3. The fourth-order valence-corrected chi connectivity index (χ4v) is 3.01. The van der Waals surface area contributed by atoms with E-state index in [9.17, 15) is 31.9 Å². The van der Waals surface area contributed by atoms with Crippen LogP contribution < -0.4 is 20.7 Å². The molecule has 0 aliphatic heterocycles. The van der Waals surface area contributed by atoms with Gasteiger partial charge in [0.15, 0.2) is 29.8 Å². The lowest BCUT2D eigenvalue weighted by molar-refractivity contribution is -0.144. The Morgan fingerprint density at radius 2 is 1.89 bits per heavy atom. The zero-order valence-corrected chi connectivity index (χ0v) is 19.4. The SMILES string of the molecule is CCOCC(=O)COc1ncccc1Oc1nc(-n2c(=O)cc(C(F)(F)F)n(C)c2=O)c(F)cc1Cl. The number of nitrogens with zero attached hydrogens (tertiary/aromatic N) is 4. The van der Waals surface area contributed by atoms with Crippen molar-refractivity contribution in [2.75, 3.05) is 19.8 Å². The van der Waals surface area contributed by atoms with Crippen molar-refractivity contribution in [3.63, 3.8) is 0 Å². The van der Waals surface area contributed by atoms with Crippen LogP contribution in [0.2, 0.25) is 5.02 Å². The first-order valence-corrected chi connectivity index (χ1v) is 10.4. The number of rotatable bonds is 9. The van der Waals surface area contributed by atoms with E-state index in [1.54, 1.807) is 6.92 Å². The molecule has 0 aliphatic carbocycles. The van der Waals surface area contributed by atoms with E-state index in [0.717, 1.165) is 7.05 Å². The molecule has 15 heteroatoms. The zero-order chi connectivity index (χ0) is 26.6. The van der Waals surface area contributed by atoms with Crippen LogP contribution in [0.25, 0.3) is 5.82 Å². The number of halogens is 5. The fraction of sp³-hybridized carbons (Fsp3) is 0.286. The van der Waals surface area contributed by atoms with Crippen molar-refractivity contribution >= 4 is 17.4 Å². The molecule has 0 atom stereocenters. The van der Waals surface area contributed by atoms with Gasteiger partial charge in [-0.15, -0.1) is 0 Å². The van der Waals surface area contributed by atoms with Gasteiger partial charge in [0.2, 0.25) is 5.88 Å². The number of Topliss-reactive ketones (excluding diaryl/α,β-unsaturated/α-hetero) is 1. The first-order valence-electron chi connectivity index (χ1n) is 10.1. The third-order valence-electron chi connectivity index (χ3n) is 4.48. The summed E-state index contributed by atoms with van der Waals surface area (Å²) in [5.74, 6) is -3.45. The van der Waals surface area contributed by atoms with E-state index in [4.69, 9.17) is 25.8 Å². The second kappa shape index (κ2) is 10.9. The summed E-state index contributed by atoms with van der Waals surface area (Å²) in [6.07, 6.45) is -3.68. The molecule has 0 aliphatic rings. The van der Waals surface area contributed by atoms with E-state index in [1.807, 2.05) is 0 Å². The van der Waals surface area contributed by atoms with Gasteiger partial charge in [-0.25, -0.2) is 18.7 Å². The molecule has 3 rings (SSSR count). The van der Waals surface area contributed by atoms with Crippen LogP contribution in [0.3, 0.4) is 0 Å². The van der Waals surface area contributed by atoms with Crippen LogP contribution >= 0.6 is 11.6 Å². The molecule has 192 valence electrons. The summed E-state index contributed by atoms with van der Waals surface area (Å²) in [5, 5.41) is -0.407. The van der Waals surface area contributed by atoms with Crippen LogP contribution in [0.15, 0.2) is 40.1 Å². The van der Waals surface area contributed by atoms with E-state index >= 15 is 0 Å². The van der Waals surface area contributed by atoms with Gasteiger partial charge in [-0.3, -0.25) is 14.2 Å². The van der Waals surface area contributed by atoms with Crippen molar-refractivity contribution in [1.82, 2.24) is 19.1 Å². The second-order valence-electron chi connectivity index (χ2n) is 7.00. The molecule has 0 amide bonds. The lowest BCUT2D eigenvalue weighted by Crippen LogP contribution is -2.41. The van der Waals surface area contributed by atoms with E-state index < -0.39 is 58.0 Å². The summed E-state index contributed by atoms with van der Waals surface area (Å²) in [5.41, 5.74) is -4.52. The Hall–Kier alpha value is -3.78. The maximum absolute atomic E-state index is 14.7. The standard InChI is InChI=1S/C21H17ClF4N4O6/c1-3-34-9-11(31)10-35-19-14(5-4-6-27-19)36-18-12(22)7-13(23)17(28-18)30-16(32)8-15(21(24,25)26)29(2)20(30)33/h4-8H,3,9-10H2,1-2H3. The van der Waals surface area contributed by atoms with Gasteiger partial charge in [0.05, 0.1) is 0 Å². The third kappa shape index (κ3) is 5.88. The minimum Gasteiger partial charge on any atom is -0.467 e. The number of carbonyl (C=O) groups is 1. The van der Waals surface area contributed by atoms with Gasteiger partial charge in [0.25, 0.3) is 11.4 Å². The molecule has 0 N–H and O–H groups in total. The average Bonchev–Trinajstić information content (AvgIpc) is 2.81. The number of carbonyl (C=O) groups excluding carboxylic acids is 1. The van der Waals surface area contributed by atoms with E-state index in [2.05, 4.69) is 9.97 Å². The summed E-state index contributed by atoms with van der Waals surface area (Å²) >= 11 is 5.99. The maximum atomic E-state index is 14.7. The Morgan fingerprint density at radius 1 is 1.17 bits per heavy atom. The van der Waals surface area contributed by atoms with Crippen molar-refractivity contribution in [3.05, 3.63) is 67.8 Å². The maximum Gasteiger partial charge on any atom is 0.431 e. The van der Waals surface area contributed by atoms with Gasteiger partial charge in [0.1, 0.15) is 17.3 Å². The number of ketones is 1. The Kier molecular flexibility index (Phi) is 8.10. The highest BCUT2D eigenvalue weighted by Gasteiger charge is 2.35. The monoisotopic (exact) mass is 532 g/mol. The molecule has 0 bridgehead atoms. The Labute approximate surface area is 204 Å². The lowest BCUT2D eigenvalue weighted by atomic mass is 10.3. The van der Waals surface area contributed by atoms with Crippen molar-refractivity contribution < 1.29 is 36.6 Å². The van der Waals surface area contributed by atoms with E-state index in [1.165, 1.54) is 18.3 Å². The lowest BCUT2D eigenvalue weighted by Gasteiger charge is -2.15. The Morgan fingerprint density at radius 3 is 2.56 bits per heavy atom. The number of ether oxygens (including phenoxy) is 3. The highest BCUT2D eigenvalue weighted by Crippen LogP contribution is 2.34. The van der Waals surface area contributed by atoms with Crippen molar-refractivity contribution in [2.45, 2.75) is 13.1 Å². The summed E-state index contributed by atoms with van der Waals surface area (Å²) in [6, 6.07) is 3.56. The van der Waals surface area contributed by atoms with Gasteiger partial charge in [0, 0.05) is 32.0 Å². The number of hydrogen-bond donors (Lipinski definition) is 0. The molecule has 0 saturated carbocycles. The predicted octanol–water partition coefficient (Wildman–Crippen LogP) is 2.91. The molecule has 0 radical (unpaired) electrons. The summed E-state index contributed by atoms with van der Waals surface area (Å²) in [7, 11) is 0.762. The van der Waals surface area contributed by atoms with Crippen LogP contribution in [0, 0.1) is 5.82 Å². The van der Waals surface area contributed by atoms with E-state index in [-0.39, 0.29) is 33.4 Å². The fourth-order valence-electron chi connectivity index (χ4n) is 2.83. The Bertz CT molecular complexity index is 1410. The molecule has 36 heavy (non-hydrogen) atoms. The third-order valence-corrected chi connectivity index (χ3v) is 4.75. The number of pyridine rings is 2. The number of hydrogen-bond acceptors (Lipinski definition) is 8. The quantitative estimate of drug-likeness (QED) is 0.386. The molecule has 3 heterocycles. The molecule has 3 aromatic heterocycles. The molecule has 10 nitrogen and oxygen atoms in total. The molecular formula is C21H17ClF4N4O6. The van der Waals surface area contributed by atoms with E-state index in [0.29, 0.717) is 12.7 Å². The highest BCUT2D eigenvalue weighted by molar-refractivity contribution is 6.31. The normalized spacial score (nSPS) is 11.4. The van der Waals surface area contributed by atoms with Crippen LogP contribution in [0.5, 0.6) is 17.5 Å². The average molecular weight is 533 g/mol. The van der Waals surface area contributed by atoms with Gasteiger partial charge < -0.3 is 14.2 Å². The second-order valence-corrected chi connectivity index (χ2v) is 7.40. The van der Waals surface area contributed by atoms with Crippen LogP contribution in [-0.2, 0) is 22.8 Å². The summed E-state index contributed by atoms with van der Waals surface area (Å²) in [6.45, 7) is 1.43. The van der Waals surface area contributed by atoms with Crippen molar-refractivity contribution in [3.8, 4) is 23.3 Å². The van der Waals surface area contributed by atoms with Gasteiger partial charge in [-0.05, 0) is 19.1 Å². The molecule has 0 fully saturated rings. The van der Waals surface area contributed by atoms with Crippen LogP contribution in [0.1, 0.15) is 12.6 Å². The highest BCUT2D eigenvalue weighted by atomic mass is 35.5. The molecular weight excluding hydrogens is 516 g/mol. The first kappa shape index (κ1) is 26.8. The first-order chi connectivity index (χ1) is 16.9. The summed E-state index contributed by atoms with van der Waals surface area (Å²) < 4.78 is 70.0. The summed E-state index contributed by atoms with van der Waals surface area (Å²) in [4.78, 5) is 44.3. The van der Waals surface area contributed by atoms with Crippen LogP contribution in [-0.4, -0.2) is 44.7 Å². The number of aromatic nitrogens is 4. The smallest absolute Gasteiger partial charge is 0.431 e. The van der Waals surface area contributed by atoms with Crippen molar-refractivity contribution in [1.29, 1.82) is 0 Å². The van der Waals surface area contributed by atoms with Gasteiger partial charge >= 0.3 is 11.9 Å².